The van der Waals surface area contributed by atoms with Crippen LogP contribution in [-0.4, -0.2) is 44.9 Å². The molecule has 0 aliphatic carbocycles. The number of benzene rings is 2. The molecule has 2 N–H and O–H groups in total. The molecule has 11 heteroatoms. The molecule has 2 aromatic carbocycles. The van der Waals surface area contributed by atoms with Crippen molar-refractivity contribution in [1.82, 2.24) is 20.1 Å². The summed E-state index contributed by atoms with van der Waals surface area (Å²) >= 11 is 7.15. The van der Waals surface area contributed by atoms with E-state index < -0.39 is 5.97 Å². The van der Waals surface area contributed by atoms with Gasteiger partial charge in [0.15, 0.2) is 11.0 Å². The highest BCUT2D eigenvalue weighted by atomic mass is 35.5. The average Bonchev–Trinajstić information content (AvgIpc) is 3.21. The Balaban J connectivity index is 1.60. The van der Waals surface area contributed by atoms with E-state index in [1.54, 1.807) is 67.1 Å². The molecule has 1 aromatic heterocycles. The van der Waals surface area contributed by atoms with Gasteiger partial charge < -0.3 is 19.9 Å². The molecule has 0 unspecified atom stereocenters. The van der Waals surface area contributed by atoms with Crippen molar-refractivity contribution in [3.05, 3.63) is 70.5 Å². The van der Waals surface area contributed by atoms with Crippen LogP contribution in [0.15, 0.2) is 53.7 Å². The van der Waals surface area contributed by atoms with Crippen LogP contribution in [0.1, 0.15) is 53.4 Å². The molecule has 1 heterocycles. The number of halogens is 1. The minimum atomic E-state index is -0.409. The minimum absolute atomic E-state index is 0.0443. The second-order valence-corrected chi connectivity index (χ2v) is 9.62. The zero-order chi connectivity index (χ0) is 26.2. The Morgan fingerprint density at radius 2 is 1.67 bits per heavy atom. The zero-order valence-corrected chi connectivity index (χ0v) is 22.0. The Kier molecular flexibility index (Phi) is 9.49. The number of hydrogen-bond donors (Lipinski definition) is 2. The number of amides is 2. The first-order valence-corrected chi connectivity index (χ1v) is 12.7. The van der Waals surface area contributed by atoms with E-state index >= 15 is 0 Å². The minimum Gasteiger partial charge on any atom is -0.462 e. The predicted octanol–water partition coefficient (Wildman–Crippen LogP) is 4.50. The molecule has 0 fully saturated rings. The van der Waals surface area contributed by atoms with Crippen LogP contribution in [0.2, 0.25) is 5.02 Å². The Labute approximate surface area is 219 Å². The SMILES string of the molecule is CCOC(=O)c1ccc(NC(=O)CSc2nnc([C@H](NC(=O)c3ccc(Cl)cc3)C(C)C)n2C)cc1. The third-order valence-electron chi connectivity index (χ3n) is 5.22. The second kappa shape index (κ2) is 12.5. The van der Waals surface area contributed by atoms with Gasteiger partial charge in [-0.15, -0.1) is 10.2 Å². The van der Waals surface area contributed by atoms with Crippen molar-refractivity contribution in [3.8, 4) is 0 Å². The van der Waals surface area contributed by atoms with Gasteiger partial charge in [0.25, 0.3) is 5.91 Å². The van der Waals surface area contributed by atoms with Gasteiger partial charge in [-0.05, 0) is 61.4 Å². The van der Waals surface area contributed by atoms with Gasteiger partial charge in [0.05, 0.1) is 24.0 Å². The first-order chi connectivity index (χ1) is 17.2. The molecule has 3 rings (SSSR count). The number of esters is 1. The quantitative estimate of drug-likeness (QED) is 0.293. The average molecular weight is 530 g/mol. The lowest BCUT2D eigenvalue weighted by atomic mass is 10.0. The summed E-state index contributed by atoms with van der Waals surface area (Å²) in [6.07, 6.45) is 0. The molecule has 36 heavy (non-hydrogen) atoms. The maximum absolute atomic E-state index is 12.7. The highest BCUT2D eigenvalue weighted by Gasteiger charge is 2.25. The van der Waals surface area contributed by atoms with Gasteiger partial charge in [-0.2, -0.15) is 0 Å². The summed E-state index contributed by atoms with van der Waals surface area (Å²) in [6.45, 7) is 6.00. The number of nitrogens with zero attached hydrogens (tertiary/aromatic N) is 3. The summed E-state index contributed by atoms with van der Waals surface area (Å²) in [5.74, 6) is -0.142. The number of carbonyl (C=O) groups excluding carboxylic acids is 3. The topological polar surface area (TPSA) is 115 Å². The second-order valence-electron chi connectivity index (χ2n) is 8.24. The van der Waals surface area contributed by atoms with Crippen molar-refractivity contribution in [1.29, 1.82) is 0 Å². The largest absolute Gasteiger partial charge is 0.462 e. The van der Waals surface area contributed by atoms with E-state index in [-0.39, 0.29) is 29.5 Å². The van der Waals surface area contributed by atoms with E-state index in [0.29, 0.717) is 39.4 Å². The molecule has 0 bridgehead atoms. The monoisotopic (exact) mass is 529 g/mol. The van der Waals surface area contributed by atoms with Crippen LogP contribution >= 0.6 is 23.4 Å². The van der Waals surface area contributed by atoms with Crippen LogP contribution in [0.25, 0.3) is 0 Å². The van der Waals surface area contributed by atoms with Crippen molar-refractivity contribution in [2.75, 3.05) is 17.7 Å². The molecule has 1 atom stereocenters. The van der Waals surface area contributed by atoms with Crippen molar-refractivity contribution in [3.63, 3.8) is 0 Å². The smallest absolute Gasteiger partial charge is 0.338 e. The van der Waals surface area contributed by atoms with Crippen LogP contribution < -0.4 is 10.6 Å². The number of carbonyl (C=O) groups is 3. The first-order valence-electron chi connectivity index (χ1n) is 11.3. The molecule has 0 saturated carbocycles. The molecule has 2 amide bonds. The number of ether oxygens (including phenoxy) is 1. The van der Waals surface area contributed by atoms with Crippen molar-refractivity contribution >= 4 is 46.8 Å². The third-order valence-corrected chi connectivity index (χ3v) is 6.49. The van der Waals surface area contributed by atoms with Crippen molar-refractivity contribution in [2.45, 2.75) is 32.0 Å². The van der Waals surface area contributed by atoms with Crippen molar-refractivity contribution < 1.29 is 19.1 Å². The van der Waals surface area contributed by atoms with E-state index in [1.807, 2.05) is 13.8 Å². The van der Waals surface area contributed by atoms with E-state index in [4.69, 9.17) is 16.3 Å². The predicted molar refractivity (Wildman–Crippen MR) is 139 cm³/mol. The van der Waals surface area contributed by atoms with E-state index in [1.165, 1.54) is 11.8 Å². The first kappa shape index (κ1) is 27.2. The molecule has 190 valence electrons. The summed E-state index contributed by atoms with van der Waals surface area (Å²) in [5.41, 5.74) is 1.48. The lowest BCUT2D eigenvalue weighted by Gasteiger charge is -2.21. The highest BCUT2D eigenvalue weighted by molar-refractivity contribution is 7.99. The normalized spacial score (nSPS) is 11.7. The molecule has 0 aliphatic rings. The summed E-state index contributed by atoms with van der Waals surface area (Å²) < 4.78 is 6.73. The Bertz CT molecular complexity index is 1210. The maximum Gasteiger partial charge on any atom is 0.338 e. The zero-order valence-electron chi connectivity index (χ0n) is 20.4. The number of thioether (sulfide) groups is 1. The Morgan fingerprint density at radius 1 is 1.03 bits per heavy atom. The van der Waals surface area contributed by atoms with Crippen LogP contribution in [0.4, 0.5) is 5.69 Å². The molecule has 0 aliphatic heterocycles. The molecular weight excluding hydrogens is 502 g/mol. The molecule has 0 spiro atoms. The number of nitrogens with one attached hydrogen (secondary N) is 2. The van der Waals surface area contributed by atoms with Gasteiger partial charge in [0, 0.05) is 23.3 Å². The Hall–Kier alpha value is -3.37. The molecular formula is C25H28ClN5O4S. The van der Waals surface area contributed by atoms with Gasteiger partial charge in [0.1, 0.15) is 0 Å². The Morgan fingerprint density at radius 3 is 2.28 bits per heavy atom. The van der Waals surface area contributed by atoms with Gasteiger partial charge in [-0.3, -0.25) is 9.59 Å². The summed E-state index contributed by atoms with van der Waals surface area (Å²) in [4.78, 5) is 36.9. The highest BCUT2D eigenvalue weighted by Crippen LogP contribution is 2.25. The maximum atomic E-state index is 12.7. The van der Waals surface area contributed by atoms with E-state index in [2.05, 4.69) is 20.8 Å². The molecule has 3 aromatic rings. The summed E-state index contributed by atoms with van der Waals surface area (Å²) in [6, 6.07) is 12.8. The van der Waals surface area contributed by atoms with Crippen molar-refractivity contribution in [2.24, 2.45) is 13.0 Å². The number of anilines is 1. The van der Waals surface area contributed by atoms with Gasteiger partial charge in [-0.25, -0.2) is 4.79 Å². The lowest BCUT2D eigenvalue weighted by molar-refractivity contribution is -0.113. The number of rotatable bonds is 10. The van der Waals surface area contributed by atoms with Gasteiger partial charge in [0.2, 0.25) is 5.91 Å². The lowest BCUT2D eigenvalue weighted by Crippen LogP contribution is -2.33. The van der Waals surface area contributed by atoms with Gasteiger partial charge in [-0.1, -0.05) is 37.2 Å². The van der Waals surface area contributed by atoms with E-state index in [9.17, 15) is 14.4 Å². The number of aromatic nitrogens is 3. The molecule has 9 nitrogen and oxygen atoms in total. The van der Waals surface area contributed by atoms with Gasteiger partial charge >= 0.3 is 5.97 Å². The summed E-state index contributed by atoms with van der Waals surface area (Å²) in [5, 5.41) is 15.4. The molecule has 0 saturated heterocycles. The fraction of sp³-hybridized carbons (Fsp3) is 0.320. The van der Waals surface area contributed by atoms with Crippen LogP contribution in [0, 0.1) is 5.92 Å². The standard InChI is InChI=1S/C25H28ClN5O4S/c1-5-35-24(34)17-8-12-19(13-9-17)27-20(32)14-36-25-30-29-22(31(25)4)21(15(2)3)28-23(33)16-6-10-18(26)11-7-16/h6-13,15,21H,5,14H2,1-4H3,(H,27,32)(H,28,33)/t21-/m1/s1. The van der Waals surface area contributed by atoms with Crippen LogP contribution in [0.3, 0.4) is 0 Å². The fourth-order valence-electron chi connectivity index (χ4n) is 3.31. The third kappa shape index (κ3) is 7.08. The van der Waals surface area contributed by atoms with Crippen LogP contribution in [0.5, 0.6) is 0 Å². The fourth-order valence-corrected chi connectivity index (χ4v) is 4.15. The van der Waals surface area contributed by atoms with E-state index in [0.717, 1.165) is 0 Å². The number of hydrogen-bond acceptors (Lipinski definition) is 7. The molecule has 0 radical (unpaired) electrons. The summed E-state index contributed by atoms with van der Waals surface area (Å²) in [7, 11) is 1.80. The van der Waals surface area contributed by atoms with Crippen LogP contribution in [-0.2, 0) is 16.6 Å².